The van der Waals surface area contributed by atoms with E-state index >= 15 is 0 Å². The summed E-state index contributed by atoms with van der Waals surface area (Å²) < 4.78 is 5.49. The highest BCUT2D eigenvalue weighted by atomic mass is 127. The Bertz CT molecular complexity index is 1080. The average Bonchev–Trinajstić information content (AvgIpc) is 3.18. The quantitative estimate of drug-likeness (QED) is 0.251. The Labute approximate surface area is 223 Å². The van der Waals surface area contributed by atoms with Crippen molar-refractivity contribution in [1.82, 2.24) is 10.6 Å². The lowest BCUT2D eigenvalue weighted by Gasteiger charge is -2.15. The molecule has 4 nitrogen and oxygen atoms in total. The van der Waals surface area contributed by atoms with Crippen LogP contribution in [0.2, 0.25) is 0 Å². The number of carbonyl (C=O) groups is 2. The van der Waals surface area contributed by atoms with Gasteiger partial charge in [-0.15, -0.1) is 0 Å². The third-order valence-electron chi connectivity index (χ3n) is 4.20. The third-order valence-corrected chi connectivity index (χ3v) is 13.7. The SMILES string of the molecule is O=C1NC(c2c(I)c(I)c(I)c(I)c2I)=C2C(=O)NC(c3ccccc3)=C12. The fourth-order valence-electron chi connectivity index (χ4n) is 3.01. The molecule has 0 saturated carbocycles. The van der Waals surface area contributed by atoms with Gasteiger partial charge in [0.05, 0.1) is 22.5 Å². The molecule has 0 spiro atoms. The van der Waals surface area contributed by atoms with Gasteiger partial charge in [0.25, 0.3) is 11.8 Å². The summed E-state index contributed by atoms with van der Waals surface area (Å²) in [5.41, 5.74) is 3.76. The predicted octanol–water partition coefficient (Wildman–Crippen LogP) is 5.09. The molecule has 2 amide bonds. The smallest absolute Gasteiger partial charge is 0.258 e. The number of carbonyl (C=O) groups excluding carboxylic acids is 2. The molecule has 9 heteroatoms. The van der Waals surface area contributed by atoms with Crippen molar-refractivity contribution in [2.24, 2.45) is 0 Å². The van der Waals surface area contributed by atoms with Crippen LogP contribution in [0.4, 0.5) is 0 Å². The first-order chi connectivity index (χ1) is 12.8. The van der Waals surface area contributed by atoms with Gasteiger partial charge in [0.2, 0.25) is 0 Å². The first-order valence-electron chi connectivity index (χ1n) is 7.51. The van der Waals surface area contributed by atoms with Crippen LogP contribution in [-0.2, 0) is 9.59 Å². The number of rotatable bonds is 2. The second kappa shape index (κ2) is 7.98. The van der Waals surface area contributed by atoms with Gasteiger partial charge in [-0.05, 0) is 119 Å². The molecule has 0 aromatic heterocycles. The van der Waals surface area contributed by atoms with Gasteiger partial charge in [-0.25, -0.2) is 0 Å². The Morgan fingerprint density at radius 2 is 1.04 bits per heavy atom. The summed E-state index contributed by atoms with van der Waals surface area (Å²) >= 11 is 11.6. The first kappa shape index (κ1) is 20.8. The largest absolute Gasteiger partial charge is 0.321 e. The molecule has 0 atom stereocenters. The highest BCUT2D eigenvalue weighted by Crippen LogP contribution is 2.42. The number of halogens is 5. The molecule has 27 heavy (non-hydrogen) atoms. The number of amides is 2. The van der Waals surface area contributed by atoms with Crippen molar-refractivity contribution in [1.29, 1.82) is 0 Å². The second-order valence-corrected chi connectivity index (χ2v) is 11.1. The van der Waals surface area contributed by atoms with Crippen LogP contribution in [0.3, 0.4) is 0 Å². The van der Waals surface area contributed by atoms with E-state index in [-0.39, 0.29) is 11.8 Å². The minimum atomic E-state index is -0.243. The van der Waals surface area contributed by atoms with Gasteiger partial charge in [-0.3, -0.25) is 9.59 Å². The predicted molar refractivity (Wildman–Crippen MR) is 147 cm³/mol. The summed E-state index contributed by atoms with van der Waals surface area (Å²) in [5, 5.41) is 5.85. The number of hydrogen-bond acceptors (Lipinski definition) is 2. The van der Waals surface area contributed by atoms with Gasteiger partial charge < -0.3 is 10.6 Å². The Balaban J connectivity index is 2.01. The molecule has 2 aromatic rings. The van der Waals surface area contributed by atoms with E-state index in [0.29, 0.717) is 22.5 Å². The van der Waals surface area contributed by atoms with E-state index in [1.54, 1.807) is 0 Å². The van der Waals surface area contributed by atoms with Crippen LogP contribution in [-0.4, -0.2) is 11.8 Å². The van der Waals surface area contributed by atoms with Gasteiger partial charge in [0.15, 0.2) is 0 Å². The van der Waals surface area contributed by atoms with Gasteiger partial charge in [0.1, 0.15) is 0 Å². The molecule has 0 fully saturated rings. The molecule has 2 aliphatic rings. The Morgan fingerprint density at radius 1 is 0.593 bits per heavy atom. The summed E-state index contributed by atoms with van der Waals surface area (Å²) in [6.45, 7) is 0. The number of nitrogens with one attached hydrogen (secondary N) is 2. The van der Waals surface area contributed by atoms with E-state index in [1.807, 2.05) is 30.3 Å². The maximum absolute atomic E-state index is 12.8. The molecule has 0 unspecified atom stereocenters. The maximum Gasteiger partial charge on any atom is 0.258 e. The molecule has 2 aromatic carbocycles. The lowest BCUT2D eigenvalue weighted by molar-refractivity contribution is -0.117. The maximum atomic E-state index is 12.8. The Kier molecular flexibility index (Phi) is 6.13. The minimum absolute atomic E-state index is 0.243. The van der Waals surface area contributed by atoms with Crippen LogP contribution in [0.25, 0.3) is 11.4 Å². The first-order valence-corrected chi connectivity index (χ1v) is 12.9. The number of benzene rings is 2. The zero-order valence-corrected chi connectivity index (χ0v) is 23.9. The van der Waals surface area contributed by atoms with Crippen molar-refractivity contribution in [3.8, 4) is 0 Å². The van der Waals surface area contributed by atoms with Crippen molar-refractivity contribution < 1.29 is 9.59 Å². The molecule has 136 valence electrons. The molecule has 0 aliphatic carbocycles. The Hall–Kier alpha value is 0.510. The van der Waals surface area contributed by atoms with Gasteiger partial charge in [0, 0.05) is 23.4 Å². The topological polar surface area (TPSA) is 58.2 Å². The summed E-state index contributed by atoms with van der Waals surface area (Å²) in [5.74, 6) is -0.486. The fraction of sp³-hybridized carbons (Fsp3) is 0. The molecule has 0 bridgehead atoms. The van der Waals surface area contributed by atoms with Crippen LogP contribution in [0.15, 0.2) is 41.5 Å². The zero-order chi connectivity index (χ0) is 19.5. The summed E-state index contributed by atoms with van der Waals surface area (Å²) in [4.78, 5) is 25.6. The molecule has 2 aliphatic heterocycles. The molecular weight excluding hydrogens is 911 g/mol. The number of fused-ring (bicyclic) bond motifs is 1. The van der Waals surface area contributed by atoms with E-state index in [1.165, 1.54) is 3.57 Å². The lowest BCUT2D eigenvalue weighted by Crippen LogP contribution is -2.22. The highest BCUT2D eigenvalue weighted by Gasteiger charge is 2.42. The van der Waals surface area contributed by atoms with Crippen LogP contribution in [0.1, 0.15) is 11.1 Å². The van der Waals surface area contributed by atoms with E-state index in [2.05, 4.69) is 124 Å². The van der Waals surface area contributed by atoms with E-state index in [0.717, 1.165) is 25.4 Å². The average molecular weight is 918 g/mol. The van der Waals surface area contributed by atoms with Crippen molar-refractivity contribution in [3.63, 3.8) is 0 Å². The summed E-state index contributed by atoms with van der Waals surface area (Å²) in [6, 6.07) is 9.46. The standard InChI is InChI=1S/C18H7I5N2O2/c19-10-9(11(20)13(22)14(23)12(10)21)16-8-7(17(26)25-16)15(24-18(8)27)6-4-2-1-3-5-6/h1-5H,(H,24,27)(H,25,26). The monoisotopic (exact) mass is 918 g/mol. The summed E-state index contributed by atoms with van der Waals surface area (Å²) in [6.07, 6.45) is 0. The third kappa shape index (κ3) is 3.39. The van der Waals surface area contributed by atoms with E-state index < -0.39 is 0 Å². The van der Waals surface area contributed by atoms with Crippen molar-refractivity contribution in [2.45, 2.75) is 0 Å². The molecule has 2 heterocycles. The Morgan fingerprint density at radius 3 is 1.59 bits per heavy atom. The normalized spacial score (nSPS) is 16.0. The van der Waals surface area contributed by atoms with Gasteiger partial charge in [-0.2, -0.15) is 0 Å². The van der Waals surface area contributed by atoms with E-state index in [9.17, 15) is 9.59 Å². The molecular formula is C18H7I5N2O2. The summed E-state index contributed by atoms with van der Waals surface area (Å²) in [7, 11) is 0. The van der Waals surface area contributed by atoms with Crippen molar-refractivity contribution in [3.05, 3.63) is 70.5 Å². The van der Waals surface area contributed by atoms with E-state index in [4.69, 9.17) is 0 Å². The lowest BCUT2D eigenvalue weighted by atomic mass is 10.0. The van der Waals surface area contributed by atoms with Crippen molar-refractivity contribution in [2.75, 3.05) is 0 Å². The molecule has 2 N–H and O–H groups in total. The highest BCUT2D eigenvalue weighted by molar-refractivity contribution is 14.1. The fourth-order valence-corrected chi connectivity index (χ4v) is 8.31. The minimum Gasteiger partial charge on any atom is -0.321 e. The molecule has 4 rings (SSSR count). The zero-order valence-electron chi connectivity index (χ0n) is 13.1. The second-order valence-electron chi connectivity index (χ2n) is 5.72. The number of hydrogen-bond donors (Lipinski definition) is 2. The van der Waals surface area contributed by atoms with Gasteiger partial charge >= 0.3 is 0 Å². The van der Waals surface area contributed by atoms with Gasteiger partial charge in [-0.1, -0.05) is 30.3 Å². The van der Waals surface area contributed by atoms with Crippen LogP contribution >= 0.6 is 113 Å². The van der Waals surface area contributed by atoms with Crippen LogP contribution in [0, 0.1) is 17.9 Å². The van der Waals surface area contributed by atoms with Crippen LogP contribution in [0.5, 0.6) is 0 Å². The van der Waals surface area contributed by atoms with Crippen LogP contribution < -0.4 is 10.6 Å². The molecule has 0 saturated heterocycles. The van der Waals surface area contributed by atoms with Crippen molar-refractivity contribution >= 4 is 136 Å². The molecule has 0 radical (unpaired) electrons.